The Morgan fingerprint density at radius 2 is 2.05 bits per heavy atom. The lowest BCUT2D eigenvalue weighted by Gasteiger charge is -2.18. The van der Waals surface area contributed by atoms with Gasteiger partial charge in [-0.05, 0) is 11.5 Å². The van der Waals surface area contributed by atoms with Gasteiger partial charge in [-0.3, -0.25) is 9.69 Å². The Balaban J connectivity index is 1.86. The van der Waals surface area contributed by atoms with Crippen LogP contribution in [0.1, 0.15) is 12.5 Å². The van der Waals surface area contributed by atoms with E-state index in [1.807, 2.05) is 37.3 Å². The maximum absolute atomic E-state index is 13.0. The van der Waals surface area contributed by atoms with Crippen molar-refractivity contribution >= 4 is 5.91 Å². The van der Waals surface area contributed by atoms with Gasteiger partial charge in [-0.2, -0.15) is 0 Å². The second kappa shape index (κ2) is 7.15. The highest BCUT2D eigenvalue weighted by molar-refractivity contribution is 5.79. The average molecular weight is 312 g/mol. The van der Waals surface area contributed by atoms with E-state index in [0.717, 1.165) is 13.1 Å². The molecule has 1 heterocycles. The summed E-state index contributed by atoms with van der Waals surface area (Å²) in [5, 5.41) is 10.8. The lowest BCUT2D eigenvalue weighted by Crippen LogP contribution is -2.43. The third-order valence-electron chi connectivity index (χ3n) is 4.03. The minimum Gasteiger partial charge on any atom is -0.390 e. The third kappa shape index (κ3) is 4.48. The zero-order chi connectivity index (χ0) is 16.2. The number of aliphatic hydroxyl groups is 1. The van der Waals surface area contributed by atoms with Gasteiger partial charge in [-0.1, -0.05) is 37.3 Å². The van der Waals surface area contributed by atoms with Crippen LogP contribution in [-0.4, -0.2) is 48.1 Å². The molecule has 2 atom stereocenters. The van der Waals surface area contributed by atoms with Crippen molar-refractivity contribution in [2.24, 2.45) is 11.8 Å². The molecular weight excluding hydrogens is 290 g/mol. The number of halogens is 2. The monoisotopic (exact) mass is 312 g/mol. The zero-order valence-electron chi connectivity index (χ0n) is 12.6. The molecule has 0 unspecified atom stereocenters. The first-order valence-electron chi connectivity index (χ1n) is 7.44. The average Bonchev–Trinajstić information content (AvgIpc) is 2.86. The summed E-state index contributed by atoms with van der Waals surface area (Å²) >= 11 is 0. The van der Waals surface area contributed by atoms with Crippen molar-refractivity contribution in [1.29, 1.82) is 0 Å². The van der Waals surface area contributed by atoms with Crippen molar-refractivity contribution < 1.29 is 18.7 Å². The quantitative estimate of drug-likeness (QED) is 0.837. The highest BCUT2D eigenvalue weighted by atomic mass is 19.3. The Hall–Kier alpha value is -1.53. The number of nitrogens with zero attached hydrogens (tertiary/aromatic N) is 1. The second-order valence-electron chi connectivity index (χ2n) is 6.00. The van der Waals surface area contributed by atoms with Gasteiger partial charge in [-0.25, -0.2) is 8.78 Å². The summed E-state index contributed by atoms with van der Waals surface area (Å²) in [6.07, 6.45) is 0. The first kappa shape index (κ1) is 16.8. The third-order valence-corrected chi connectivity index (χ3v) is 4.03. The van der Waals surface area contributed by atoms with Gasteiger partial charge in [0.15, 0.2) is 0 Å². The van der Waals surface area contributed by atoms with Crippen molar-refractivity contribution in [2.75, 3.05) is 26.2 Å². The van der Waals surface area contributed by atoms with E-state index in [1.54, 1.807) is 0 Å². The molecule has 0 radical (unpaired) electrons. The van der Waals surface area contributed by atoms with E-state index >= 15 is 0 Å². The van der Waals surface area contributed by atoms with E-state index in [2.05, 4.69) is 10.2 Å². The molecule has 1 aromatic rings. The van der Waals surface area contributed by atoms with Crippen LogP contribution < -0.4 is 5.32 Å². The van der Waals surface area contributed by atoms with Crippen molar-refractivity contribution in [1.82, 2.24) is 10.2 Å². The summed E-state index contributed by atoms with van der Waals surface area (Å²) in [5.74, 6) is -3.80. The van der Waals surface area contributed by atoms with Gasteiger partial charge in [0.1, 0.15) is 6.61 Å². The van der Waals surface area contributed by atoms with Crippen LogP contribution >= 0.6 is 0 Å². The molecule has 1 amide bonds. The molecule has 1 aromatic carbocycles. The van der Waals surface area contributed by atoms with Gasteiger partial charge in [0.05, 0.1) is 12.5 Å². The maximum Gasteiger partial charge on any atom is 0.287 e. The number of carbonyl (C=O) groups excluding carboxylic acids is 1. The summed E-state index contributed by atoms with van der Waals surface area (Å²) in [7, 11) is 0. The number of hydrogen-bond acceptors (Lipinski definition) is 3. The molecule has 2 N–H and O–H groups in total. The predicted octanol–water partition coefficient (Wildman–Crippen LogP) is 1.50. The van der Waals surface area contributed by atoms with E-state index in [9.17, 15) is 13.6 Å². The molecular formula is C16H22F2N2O2. The normalized spacial score (nSPS) is 22.7. The number of rotatable bonds is 6. The van der Waals surface area contributed by atoms with E-state index in [-0.39, 0.29) is 17.7 Å². The van der Waals surface area contributed by atoms with Crippen LogP contribution in [-0.2, 0) is 11.3 Å². The van der Waals surface area contributed by atoms with Gasteiger partial charge in [0.25, 0.3) is 5.92 Å². The number of amides is 1. The summed E-state index contributed by atoms with van der Waals surface area (Å²) in [6, 6.07) is 9.94. The van der Waals surface area contributed by atoms with Gasteiger partial charge in [0.2, 0.25) is 5.91 Å². The number of alkyl halides is 2. The predicted molar refractivity (Wildman–Crippen MR) is 79.4 cm³/mol. The second-order valence-corrected chi connectivity index (χ2v) is 6.00. The van der Waals surface area contributed by atoms with E-state index in [0.29, 0.717) is 6.54 Å². The highest BCUT2D eigenvalue weighted by Crippen LogP contribution is 2.25. The minimum atomic E-state index is -3.26. The lowest BCUT2D eigenvalue weighted by molar-refractivity contribution is -0.128. The number of carbonyl (C=O) groups is 1. The summed E-state index contributed by atoms with van der Waals surface area (Å²) in [6.45, 7) is 1.97. The smallest absolute Gasteiger partial charge is 0.287 e. The number of hydrogen-bond donors (Lipinski definition) is 2. The van der Waals surface area contributed by atoms with Crippen LogP contribution in [0, 0.1) is 11.8 Å². The molecule has 0 aliphatic carbocycles. The maximum atomic E-state index is 13.0. The Kier molecular flexibility index (Phi) is 5.47. The molecule has 1 saturated heterocycles. The number of aliphatic hydroxyl groups excluding tert-OH is 1. The fourth-order valence-corrected chi connectivity index (χ4v) is 2.78. The fraction of sp³-hybridized carbons (Fsp3) is 0.562. The molecule has 0 aromatic heterocycles. The number of benzene rings is 1. The molecule has 1 aliphatic heterocycles. The molecule has 1 aliphatic rings. The largest absolute Gasteiger partial charge is 0.390 e. The number of nitrogens with one attached hydrogen (secondary N) is 1. The van der Waals surface area contributed by atoms with Crippen LogP contribution in [0.3, 0.4) is 0 Å². The molecule has 2 rings (SSSR count). The standard InChI is InChI=1S/C16H22F2N2O2/c1-12-7-20(8-13-5-3-2-4-6-13)9-14(12)15(22)19-10-16(17,18)11-21/h2-6,12,14,21H,7-11H2,1H3,(H,19,22)/t12-,14-/m1/s1. The van der Waals surface area contributed by atoms with Crippen molar-refractivity contribution in [3.63, 3.8) is 0 Å². The molecule has 0 spiro atoms. The van der Waals surface area contributed by atoms with Gasteiger partial charge < -0.3 is 10.4 Å². The van der Waals surface area contributed by atoms with Crippen LogP contribution in [0.25, 0.3) is 0 Å². The van der Waals surface area contributed by atoms with Crippen molar-refractivity contribution in [3.05, 3.63) is 35.9 Å². The van der Waals surface area contributed by atoms with E-state index < -0.39 is 19.1 Å². The highest BCUT2D eigenvalue weighted by Gasteiger charge is 2.36. The summed E-state index contributed by atoms with van der Waals surface area (Å²) < 4.78 is 26.0. The van der Waals surface area contributed by atoms with E-state index in [1.165, 1.54) is 5.56 Å². The van der Waals surface area contributed by atoms with Gasteiger partial charge in [-0.15, -0.1) is 0 Å². The van der Waals surface area contributed by atoms with Crippen molar-refractivity contribution in [2.45, 2.75) is 19.4 Å². The van der Waals surface area contributed by atoms with Crippen LogP contribution in [0.5, 0.6) is 0 Å². The van der Waals surface area contributed by atoms with Crippen LogP contribution in [0.4, 0.5) is 8.78 Å². The Bertz CT molecular complexity index is 496. The molecule has 0 bridgehead atoms. The summed E-state index contributed by atoms with van der Waals surface area (Å²) in [4.78, 5) is 14.2. The van der Waals surface area contributed by atoms with Gasteiger partial charge >= 0.3 is 0 Å². The molecule has 122 valence electrons. The Morgan fingerprint density at radius 1 is 1.36 bits per heavy atom. The Labute approximate surface area is 129 Å². The first-order valence-corrected chi connectivity index (χ1v) is 7.44. The molecule has 22 heavy (non-hydrogen) atoms. The Morgan fingerprint density at radius 3 is 2.68 bits per heavy atom. The van der Waals surface area contributed by atoms with E-state index in [4.69, 9.17) is 5.11 Å². The molecule has 1 fully saturated rings. The lowest BCUT2D eigenvalue weighted by atomic mass is 9.97. The van der Waals surface area contributed by atoms with Crippen LogP contribution in [0.15, 0.2) is 30.3 Å². The topological polar surface area (TPSA) is 52.6 Å². The van der Waals surface area contributed by atoms with Crippen molar-refractivity contribution in [3.8, 4) is 0 Å². The van der Waals surface area contributed by atoms with Gasteiger partial charge in [0, 0.05) is 19.6 Å². The zero-order valence-corrected chi connectivity index (χ0v) is 12.6. The molecule has 4 nitrogen and oxygen atoms in total. The fourth-order valence-electron chi connectivity index (χ4n) is 2.78. The molecule has 6 heteroatoms. The minimum absolute atomic E-state index is 0.117. The first-order chi connectivity index (χ1) is 10.4. The van der Waals surface area contributed by atoms with Crippen LogP contribution in [0.2, 0.25) is 0 Å². The SMILES string of the molecule is C[C@@H]1CN(Cc2ccccc2)C[C@H]1C(=O)NCC(F)(F)CO. The summed E-state index contributed by atoms with van der Waals surface area (Å²) in [5.41, 5.74) is 1.17. The molecule has 0 saturated carbocycles. The number of likely N-dealkylation sites (tertiary alicyclic amines) is 1.